The minimum atomic E-state index is -0.748. The minimum absolute atomic E-state index is 0.0781. The number of nitrogens with two attached hydrogens (primary N) is 1. The van der Waals surface area contributed by atoms with Gasteiger partial charge in [-0.3, -0.25) is 4.79 Å². The van der Waals surface area contributed by atoms with E-state index < -0.39 is 30.3 Å². The van der Waals surface area contributed by atoms with Gasteiger partial charge in [0, 0.05) is 12.1 Å². The van der Waals surface area contributed by atoms with Gasteiger partial charge in [-0.25, -0.2) is 4.79 Å². The summed E-state index contributed by atoms with van der Waals surface area (Å²) in [5.74, 6) is -0.0978. The fourth-order valence-corrected chi connectivity index (χ4v) is 3.35. The number of carbonyl (C=O) groups is 2. The third kappa shape index (κ3) is 5.98. The number of ether oxygens (including phenoxy) is 2. The van der Waals surface area contributed by atoms with Crippen molar-refractivity contribution in [1.82, 2.24) is 5.32 Å². The molecule has 0 aliphatic carbocycles. The highest BCUT2D eigenvalue weighted by Crippen LogP contribution is 2.39. The lowest BCUT2D eigenvalue weighted by Gasteiger charge is -2.32. The van der Waals surface area contributed by atoms with E-state index in [0.717, 1.165) is 5.56 Å². The molecule has 0 bridgehead atoms. The Bertz CT molecular complexity index is 1050. The summed E-state index contributed by atoms with van der Waals surface area (Å²) in [5.41, 5.74) is 6.73. The van der Waals surface area contributed by atoms with E-state index in [4.69, 9.17) is 24.5 Å². The summed E-state index contributed by atoms with van der Waals surface area (Å²) in [7, 11) is 0.762. The van der Waals surface area contributed by atoms with Crippen LogP contribution in [0.25, 0.3) is 6.08 Å². The molecule has 0 radical (unpaired) electrons. The van der Waals surface area contributed by atoms with Crippen molar-refractivity contribution in [3.05, 3.63) is 70.7 Å². The largest absolute Gasteiger partial charge is 0.497 e. The van der Waals surface area contributed by atoms with Crippen molar-refractivity contribution in [1.29, 1.82) is 0 Å². The third-order valence-electron chi connectivity index (χ3n) is 6.07. The van der Waals surface area contributed by atoms with Gasteiger partial charge in [0.1, 0.15) is 12.4 Å². The molecule has 2 aromatic carbocycles. The molecule has 180 valence electrons. The van der Waals surface area contributed by atoms with Gasteiger partial charge in [-0.2, -0.15) is 0 Å². The maximum atomic E-state index is 12.4. The molecule has 34 heavy (non-hydrogen) atoms. The van der Waals surface area contributed by atoms with Crippen LogP contribution in [0.5, 0.6) is 5.75 Å². The summed E-state index contributed by atoms with van der Waals surface area (Å²) < 4.78 is 22.9. The average molecular weight is 466 g/mol. The Morgan fingerprint density at radius 1 is 1.06 bits per heavy atom. The number of hydrogen-bond donors (Lipinski definition) is 2. The first-order chi connectivity index (χ1) is 16.0. The van der Waals surface area contributed by atoms with E-state index in [1.54, 1.807) is 24.3 Å². The number of primary amides is 1. The molecule has 1 aliphatic rings. The number of rotatable bonds is 8. The van der Waals surface area contributed by atoms with E-state index in [-0.39, 0.29) is 18.7 Å². The quantitative estimate of drug-likeness (QED) is 0.574. The van der Waals surface area contributed by atoms with E-state index in [1.165, 1.54) is 7.11 Å². The Hall–Kier alpha value is -3.30. The molecule has 0 saturated carbocycles. The molecular weight excluding hydrogens is 435 g/mol. The minimum Gasteiger partial charge on any atom is -0.497 e. The standard InChI is InChI=1S/C25H31BN2O6/c1-24(2)25(3,4)34-26(33-24)19(13-18-11-12-20(31-5)14-21(18)22(27)29)15-28-23(30)32-16-17-9-7-6-8-10-17/h6-14H,15-16H2,1-5H3,(H2,27,29)(H,28,30). The molecule has 8 nitrogen and oxygen atoms in total. The van der Waals surface area contributed by atoms with Gasteiger partial charge in [0.2, 0.25) is 5.91 Å². The Labute approximate surface area is 200 Å². The van der Waals surface area contributed by atoms with Gasteiger partial charge in [0.05, 0.1) is 18.3 Å². The normalized spacial score (nSPS) is 16.7. The fourth-order valence-electron chi connectivity index (χ4n) is 3.35. The maximum Gasteiger partial charge on any atom is 0.492 e. The SMILES string of the molecule is COc1ccc(C=C(CNC(=O)OCc2ccccc2)B2OC(C)(C)C(C)(C)O2)c(C(N)=O)c1. The fraction of sp³-hybridized carbons (Fsp3) is 0.360. The van der Waals surface area contributed by atoms with Gasteiger partial charge >= 0.3 is 13.2 Å². The first-order valence-corrected chi connectivity index (χ1v) is 11.0. The first kappa shape index (κ1) is 25.3. The van der Waals surface area contributed by atoms with Gasteiger partial charge in [-0.15, -0.1) is 0 Å². The Balaban J connectivity index is 1.83. The number of amides is 2. The van der Waals surface area contributed by atoms with Crippen molar-refractivity contribution in [3.63, 3.8) is 0 Å². The van der Waals surface area contributed by atoms with E-state index in [0.29, 0.717) is 16.8 Å². The second-order valence-electron chi connectivity index (χ2n) is 9.04. The maximum absolute atomic E-state index is 12.4. The highest BCUT2D eigenvalue weighted by Gasteiger charge is 2.52. The number of benzene rings is 2. The zero-order chi connectivity index (χ0) is 24.9. The van der Waals surface area contributed by atoms with Crippen LogP contribution in [0.2, 0.25) is 0 Å². The predicted molar refractivity (Wildman–Crippen MR) is 130 cm³/mol. The second-order valence-corrected chi connectivity index (χ2v) is 9.04. The Morgan fingerprint density at radius 3 is 2.29 bits per heavy atom. The van der Waals surface area contributed by atoms with Crippen LogP contribution in [0.15, 0.2) is 54.0 Å². The summed E-state index contributed by atoms with van der Waals surface area (Å²) in [6.07, 6.45) is 1.15. The molecule has 0 atom stereocenters. The van der Waals surface area contributed by atoms with E-state index >= 15 is 0 Å². The van der Waals surface area contributed by atoms with E-state index in [1.807, 2.05) is 58.0 Å². The monoisotopic (exact) mass is 466 g/mol. The summed E-state index contributed by atoms with van der Waals surface area (Å²) in [6, 6.07) is 14.4. The van der Waals surface area contributed by atoms with Gasteiger partial charge in [0.15, 0.2) is 0 Å². The van der Waals surface area contributed by atoms with Crippen LogP contribution in [0.1, 0.15) is 49.2 Å². The molecular formula is C25H31BN2O6. The second kappa shape index (κ2) is 10.3. The number of carbonyl (C=O) groups excluding carboxylic acids is 2. The number of nitrogens with one attached hydrogen (secondary N) is 1. The lowest BCUT2D eigenvalue weighted by atomic mass is 9.76. The smallest absolute Gasteiger partial charge is 0.492 e. The van der Waals surface area contributed by atoms with Gasteiger partial charge < -0.3 is 29.8 Å². The highest BCUT2D eigenvalue weighted by molar-refractivity contribution is 6.56. The molecule has 0 spiro atoms. The highest BCUT2D eigenvalue weighted by atomic mass is 16.7. The van der Waals surface area contributed by atoms with E-state index in [9.17, 15) is 9.59 Å². The summed E-state index contributed by atoms with van der Waals surface area (Å²) >= 11 is 0. The number of alkyl carbamates (subject to hydrolysis) is 1. The summed E-state index contributed by atoms with van der Waals surface area (Å²) in [5, 5.41) is 2.75. The molecule has 1 fully saturated rings. The molecule has 1 saturated heterocycles. The van der Waals surface area contributed by atoms with Gasteiger partial charge in [0.25, 0.3) is 0 Å². The van der Waals surface area contributed by atoms with Crippen LogP contribution in [-0.2, 0) is 20.7 Å². The van der Waals surface area contributed by atoms with Crippen LogP contribution >= 0.6 is 0 Å². The third-order valence-corrected chi connectivity index (χ3v) is 6.07. The lowest BCUT2D eigenvalue weighted by Crippen LogP contribution is -2.41. The van der Waals surface area contributed by atoms with Crippen molar-refractivity contribution in [2.24, 2.45) is 5.73 Å². The van der Waals surface area contributed by atoms with Crippen molar-refractivity contribution >= 4 is 25.2 Å². The van der Waals surface area contributed by atoms with Crippen molar-refractivity contribution < 1.29 is 28.4 Å². The zero-order valence-corrected chi connectivity index (χ0v) is 20.2. The molecule has 9 heteroatoms. The summed E-state index contributed by atoms with van der Waals surface area (Å²) in [6.45, 7) is 7.98. The van der Waals surface area contributed by atoms with Gasteiger partial charge in [-0.1, -0.05) is 42.5 Å². The van der Waals surface area contributed by atoms with Crippen LogP contribution in [0, 0.1) is 0 Å². The van der Waals surface area contributed by atoms with Crippen molar-refractivity contribution in [3.8, 4) is 5.75 Å². The molecule has 3 N–H and O–H groups in total. The molecule has 2 amide bonds. The molecule has 0 unspecified atom stereocenters. The lowest BCUT2D eigenvalue weighted by molar-refractivity contribution is 0.00578. The van der Waals surface area contributed by atoms with E-state index in [2.05, 4.69) is 5.32 Å². The zero-order valence-electron chi connectivity index (χ0n) is 20.2. The topological polar surface area (TPSA) is 109 Å². The number of hydrogen-bond acceptors (Lipinski definition) is 6. The first-order valence-electron chi connectivity index (χ1n) is 11.0. The van der Waals surface area contributed by atoms with Crippen LogP contribution in [-0.4, -0.2) is 44.0 Å². The van der Waals surface area contributed by atoms with Crippen LogP contribution in [0.3, 0.4) is 0 Å². The number of methoxy groups -OCH3 is 1. The Morgan fingerprint density at radius 2 is 1.71 bits per heavy atom. The van der Waals surface area contributed by atoms with Crippen LogP contribution in [0.4, 0.5) is 4.79 Å². The average Bonchev–Trinajstić information content (AvgIpc) is 3.02. The van der Waals surface area contributed by atoms with Crippen LogP contribution < -0.4 is 15.8 Å². The molecule has 1 aliphatic heterocycles. The molecule has 0 aromatic heterocycles. The van der Waals surface area contributed by atoms with Crippen molar-refractivity contribution in [2.45, 2.75) is 45.5 Å². The molecule has 2 aromatic rings. The molecule has 3 rings (SSSR count). The van der Waals surface area contributed by atoms with Gasteiger partial charge in [-0.05, 0) is 56.4 Å². The Kier molecular flexibility index (Phi) is 7.69. The molecule has 1 heterocycles. The summed E-state index contributed by atoms with van der Waals surface area (Å²) in [4.78, 5) is 24.4. The van der Waals surface area contributed by atoms with Crippen molar-refractivity contribution in [2.75, 3.05) is 13.7 Å². The predicted octanol–water partition coefficient (Wildman–Crippen LogP) is 3.74.